The van der Waals surface area contributed by atoms with Gasteiger partial charge in [0.15, 0.2) is 0 Å². The fraction of sp³-hybridized carbons (Fsp3) is 0.188. The molecule has 0 saturated carbocycles. The summed E-state index contributed by atoms with van der Waals surface area (Å²) in [6, 6.07) is 9.79. The van der Waals surface area contributed by atoms with Crippen LogP contribution in [0.4, 0.5) is 0 Å². The zero-order valence-electron chi connectivity index (χ0n) is 11.6. The van der Waals surface area contributed by atoms with Gasteiger partial charge in [-0.1, -0.05) is 12.1 Å². The van der Waals surface area contributed by atoms with Crippen molar-refractivity contribution in [1.29, 1.82) is 0 Å². The summed E-state index contributed by atoms with van der Waals surface area (Å²) >= 11 is 0. The van der Waals surface area contributed by atoms with Crippen molar-refractivity contribution in [3.63, 3.8) is 0 Å². The van der Waals surface area contributed by atoms with E-state index in [1.54, 1.807) is 7.11 Å². The molecule has 20 heavy (non-hydrogen) atoms. The minimum atomic E-state index is -0.318. The molecule has 4 heteroatoms. The van der Waals surface area contributed by atoms with E-state index in [2.05, 4.69) is 4.98 Å². The molecular weight excluding hydrogens is 254 g/mol. The number of aromatic nitrogens is 1. The van der Waals surface area contributed by atoms with Crippen molar-refractivity contribution in [2.24, 2.45) is 0 Å². The van der Waals surface area contributed by atoms with Gasteiger partial charge in [0.05, 0.1) is 18.1 Å². The number of hydrogen-bond donors (Lipinski definition) is 1. The fourth-order valence-corrected chi connectivity index (χ4v) is 2.47. The lowest BCUT2D eigenvalue weighted by atomic mass is 10.1. The number of H-pyrrole nitrogens is 1. The van der Waals surface area contributed by atoms with Crippen LogP contribution in [0.3, 0.4) is 0 Å². The minimum absolute atomic E-state index is 0.318. The third-order valence-corrected chi connectivity index (χ3v) is 3.36. The zero-order chi connectivity index (χ0) is 14.3. The molecule has 0 aliphatic carbocycles. The standard InChI is InChI=1S/C16H15NO3/c1-9-7-12-11-5-4-6-14(19-3)16(11)17-13(12)8-15(9)20-10(2)18/h4-8,17H,1-3H3. The predicted octanol–water partition coefficient (Wildman–Crippen LogP) is 3.56. The maximum absolute atomic E-state index is 11.1. The molecule has 1 heterocycles. The summed E-state index contributed by atoms with van der Waals surface area (Å²) < 4.78 is 10.6. The number of hydrogen-bond acceptors (Lipinski definition) is 3. The van der Waals surface area contributed by atoms with Gasteiger partial charge in [0.2, 0.25) is 0 Å². The first kappa shape index (κ1) is 12.5. The SMILES string of the molecule is COc1cccc2c1[nH]c1cc(OC(C)=O)c(C)cc12. The molecule has 0 atom stereocenters. The van der Waals surface area contributed by atoms with E-state index in [-0.39, 0.29) is 5.97 Å². The van der Waals surface area contributed by atoms with E-state index >= 15 is 0 Å². The number of ether oxygens (including phenoxy) is 2. The molecule has 0 spiro atoms. The van der Waals surface area contributed by atoms with E-state index in [1.807, 2.05) is 37.3 Å². The lowest BCUT2D eigenvalue weighted by Crippen LogP contribution is -2.02. The van der Waals surface area contributed by atoms with Gasteiger partial charge in [-0.05, 0) is 24.6 Å². The average Bonchev–Trinajstić information content (AvgIpc) is 2.76. The summed E-state index contributed by atoms with van der Waals surface area (Å²) in [5.41, 5.74) is 2.80. The van der Waals surface area contributed by atoms with Crippen LogP contribution in [-0.4, -0.2) is 18.1 Å². The number of methoxy groups -OCH3 is 1. The molecular formula is C16H15NO3. The highest BCUT2D eigenvalue weighted by atomic mass is 16.5. The highest BCUT2D eigenvalue weighted by molar-refractivity contribution is 6.09. The van der Waals surface area contributed by atoms with Crippen LogP contribution in [0.15, 0.2) is 30.3 Å². The van der Waals surface area contributed by atoms with E-state index < -0.39 is 0 Å². The van der Waals surface area contributed by atoms with E-state index in [0.29, 0.717) is 5.75 Å². The molecule has 3 aromatic rings. The van der Waals surface area contributed by atoms with Gasteiger partial charge in [-0.25, -0.2) is 0 Å². The number of aryl methyl sites for hydroxylation is 1. The summed E-state index contributed by atoms with van der Waals surface area (Å²) in [5.74, 6) is 1.06. The van der Waals surface area contributed by atoms with Gasteiger partial charge in [-0.2, -0.15) is 0 Å². The normalized spacial score (nSPS) is 10.9. The zero-order valence-corrected chi connectivity index (χ0v) is 11.6. The molecule has 0 aliphatic heterocycles. The van der Waals surface area contributed by atoms with E-state index in [0.717, 1.165) is 33.1 Å². The number of nitrogens with one attached hydrogen (secondary N) is 1. The van der Waals surface area contributed by atoms with E-state index in [9.17, 15) is 4.79 Å². The molecule has 0 unspecified atom stereocenters. The second kappa shape index (κ2) is 4.56. The second-order valence-electron chi connectivity index (χ2n) is 4.76. The Kier molecular flexibility index (Phi) is 2.86. The number of carbonyl (C=O) groups is 1. The number of carbonyl (C=O) groups excluding carboxylic acids is 1. The first-order valence-corrected chi connectivity index (χ1v) is 6.37. The van der Waals surface area contributed by atoms with Gasteiger partial charge in [0.25, 0.3) is 0 Å². The first-order chi connectivity index (χ1) is 9.60. The van der Waals surface area contributed by atoms with Crippen molar-refractivity contribution in [1.82, 2.24) is 4.98 Å². The van der Waals surface area contributed by atoms with Crippen molar-refractivity contribution in [3.05, 3.63) is 35.9 Å². The van der Waals surface area contributed by atoms with Crippen molar-refractivity contribution in [3.8, 4) is 11.5 Å². The van der Waals surface area contributed by atoms with Crippen LogP contribution in [0.2, 0.25) is 0 Å². The van der Waals surface area contributed by atoms with Gasteiger partial charge in [0.1, 0.15) is 11.5 Å². The van der Waals surface area contributed by atoms with Crippen LogP contribution < -0.4 is 9.47 Å². The lowest BCUT2D eigenvalue weighted by Gasteiger charge is -2.05. The molecule has 0 amide bonds. The number of para-hydroxylation sites is 1. The van der Waals surface area contributed by atoms with Gasteiger partial charge in [-0.15, -0.1) is 0 Å². The van der Waals surface area contributed by atoms with E-state index in [4.69, 9.17) is 9.47 Å². The number of fused-ring (bicyclic) bond motifs is 3. The number of aromatic amines is 1. The summed E-state index contributed by atoms with van der Waals surface area (Å²) in [4.78, 5) is 14.4. The van der Waals surface area contributed by atoms with Gasteiger partial charge in [-0.3, -0.25) is 4.79 Å². The van der Waals surface area contributed by atoms with Crippen LogP contribution in [0.5, 0.6) is 11.5 Å². The Bertz CT molecular complexity index is 817. The summed E-state index contributed by atoms with van der Waals surface area (Å²) in [7, 11) is 1.65. The van der Waals surface area contributed by atoms with Crippen LogP contribution >= 0.6 is 0 Å². The third-order valence-electron chi connectivity index (χ3n) is 3.36. The van der Waals surface area contributed by atoms with Crippen molar-refractivity contribution in [2.45, 2.75) is 13.8 Å². The van der Waals surface area contributed by atoms with Gasteiger partial charge < -0.3 is 14.5 Å². The monoisotopic (exact) mass is 269 g/mol. The summed E-state index contributed by atoms with van der Waals surface area (Å²) in [5, 5.41) is 2.18. The molecule has 0 radical (unpaired) electrons. The second-order valence-corrected chi connectivity index (χ2v) is 4.76. The molecule has 2 aromatic carbocycles. The highest BCUT2D eigenvalue weighted by Gasteiger charge is 2.12. The summed E-state index contributed by atoms with van der Waals surface area (Å²) in [6.07, 6.45) is 0. The van der Waals surface area contributed by atoms with Crippen LogP contribution in [0, 0.1) is 6.92 Å². The Labute approximate surface area is 116 Å². The predicted molar refractivity (Wildman–Crippen MR) is 78.4 cm³/mol. The number of esters is 1. The van der Waals surface area contributed by atoms with Crippen molar-refractivity contribution < 1.29 is 14.3 Å². The first-order valence-electron chi connectivity index (χ1n) is 6.37. The number of rotatable bonds is 2. The van der Waals surface area contributed by atoms with Crippen molar-refractivity contribution in [2.75, 3.05) is 7.11 Å². The molecule has 1 aromatic heterocycles. The lowest BCUT2D eigenvalue weighted by molar-refractivity contribution is -0.131. The minimum Gasteiger partial charge on any atom is -0.495 e. The Balaban J connectivity index is 2.30. The van der Waals surface area contributed by atoms with Crippen LogP contribution in [0.25, 0.3) is 21.8 Å². The van der Waals surface area contributed by atoms with Crippen LogP contribution in [-0.2, 0) is 4.79 Å². The molecule has 4 nitrogen and oxygen atoms in total. The van der Waals surface area contributed by atoms with Gasteiger partial charge in [0, 0.05) is 23.8 Å². The fourth-order valence-electron chi connectivity index (χ4n) is 2.47. The highest BCUT2D eigenvalue weighted by Crippen LogP contribution is 2.34. The third kappa shape index (κ3) is 1.90. The maximum atomic E-state index is 11.1. The quantitative estimate of drug-likeness (QED) is 0.571. The Morgan fingerprint density at radius 1 is 1.15 bits per heavy atom. The molecule has 0 fully saturated rings. The molecule has 3 rings (SSSR count). The smallest absolute Gasteiger partial charge is 0.308 e. The van der Waals surface area contributed by atoms with Crippen molar-refractivity contribution >= 4 is 27.8 Å². The molecule has 1 N–H and O–H groups in total. The summed E-state index contributed by atoms with van der Waals surface area (Å²) in [6.45, 7) is 3.33. The average molecular weight is 269 g/mol. The maximum Gasteiger partial charge on any atom is 0.308 e. The largest absolute Gasteiger partial charge is 0.495 e. The Morgan fingerprint density at radius 3 is 2.65 bits per heavy atom. The van der Waals surface area contributed by atoms with Gasteiger partial charge >= 0.3 is 5.97 Å². The molecule has 0 saturated heterocycles. The molecule has 0 aliphatic rings. The molecule has 0 bridgehead atoms. The van der Waals surface area contributed by atoms with Crippen LogP contribution in [0.1, 0.15) is 12.5 Å². The number of benzene rings is 2. The van der Waals surface area contributed by atoms with E-state index in [1.165, 1.54) is 6.92 Å². The molecule has 102 valence electrons. The Morgan fingerprint density at radius 2 is 1.95 bits per heavy atom. The topological polar surface area (TPSA) is 51.3 Å². The Hall–Kier alpha value is -2.49.